The summed E-state index contributed by atoms with van der Waals surface area (Å²) in [5.74, 6) is 0.682. The smallest absolute Gasteiger partial charge is 0.242 e. The van der Waals surface area contributed by atoms with Gasteiger partial charge in [0, 0.05) is 12.7 Å². The highest BCUT2D eigenvalue weighted by atomic mass is 16.2. The van der Waals surface area contributed by atoms with Crippen LogP contribution in [-0.2, 0) is 4.79 Å². The van der Waals surface area contributed by atoms with Crippen LogP contribution in [0.25, 0.3) is 0 Å². The highest BCUT2D eigenvalue weighted by Crippen LogP contribution is 2.28. The third-order valence-electron chi connectivity index (χ3n) is 4.66. The van der Waals surface area contributed by atoms with E-state index in [2.05, 4.69) is 67.3 Å². The number of anilines is 1. The highest BCUT2D eigenvalue weighted by molar-refractivity contribution is 5.84. The first-order chi connectivity index (χ1) is 12.5. The lowest BCUT2D eigenvalue weighted by Crippen LogP contribution is -2.37. The van der Waals surface area contributed by atoms with Crippen LogP contribution < -0.4 is 10.6 Å². The number of allylic oxidation sites excluding steroid dienone is 1. The van der Waals surface area contributed by atoms with Crippen LogP contribution in [-0.4, -0.2) is 44.0 Å². The predicted molar refractivity (Wildman–Crippen MR) is 113 cm³/mol. The van der Waals surface area contributed by atoms with Crippen LogP contribution in [0, 0.1) is 0 Å². The Kier molecular flexibility index (Phi) is 10.7. The Hall–Kier alpha value is -1.81. The van der Waals surface area contributed by atoms with Crippen LogP contribution >= 0.6 is 0 Å². The number of rotatable bonds is 7. The first kappa shape index (κ1) is 22.2. The SMILES string of the molecule is C=CCCC(Nc1ccc(C2CCN(C)CC2)cc1)C(=O)NC.CCC. The fraction of sp³-hybridized carbons (Fsp3) is 0.591. The molecule has 1 aliphatic rings. The minimum atomic E-state index is -0.216. The van der Waals surface area contributed by atoms with Gasteiger partial charge in [0.05, 0.1) is 0 Å². The first-order valence-electron chi connectivity index (χ1n) is 9.93. The van der Waals surface area contributed by atoms with Crippen molar-refractivity contribution in [1.82, 2.24) is 10.2 Å². The lowest BCUT2D eigenvalue weighted by molar-refractivity contribution is -0.121. The largest absolute Gasteiger partial charge is 0.374 e. The van der Waals surface area contributed by atoms with E-state index in [0.29, 0.717) is 5.92 Å². The molecule has 1 saturated heterocycles. The molecule has 1 heterocycles. The maximum atomic E-state index is 12.0. The molecule has 0 aliphatic carbocycles. The normalized spacial score (nSPS) is 16.2. The number of nitrogens with one attached hydrogen (secondary N) is 2. The number of amides is 1. The van der Waals surface area contributed by atoms with Gasteiger partial charge in [-0.05, 0) is 69.4 Å². The summed E-state index contributed by atoms with van der Waals surface area (Å²) in [6, 6.07) is 8.38. The topological polar surface area (TPSA) is 44.4 Å². The molecular weight excluding hydrogens is 322 g/mol. The van der Waals surface area contributed by atoms with Crippen LogP contribution in [0.2, 0.25) is 0 Å². The van der Waals surface area contributed by atoms with E-state index >= 15 is 0 Å². The Morgan fingerprint density at radius 2 is 1.85 bits per heavy atom. The van der Waals surface area contributed by atoms with Crippen molar-refractivity contribution in [1.29, 1.82) is 0 Å². The second-order valence-electron chi connectivity index (χ2n) is 7.08. The molecule has 1 amide bonds. The maximum absolute atomic E-state index is 12.0. The molecule has 0 aromatic heterocycles. The number of hydrogen-bond acceptors (Lipinski definition) is 3. The Balaban J connectivity index is 0.00000105. The number of benzene rings is 1. The molecule has 146 valence electrons. The molecule has 0 spiro atoms. The van der Waals surface area contributed by atoms with Gasteiger partial charge in [0.15, 0.2) is 0 Å². The molecule has 1 fully saturated rings. The second-order valence-corrected chi connectivity index (χ2v) is 7.08. The van der Waals surface area contributed by atoms with Gasteiger partial charge in [-0.2, -0.15) is 0 Å². The predicted octanol–water partition coefficient (Wildman–Crippen LogP) is 4.40. The Labute approximate surface area is 160 Å². The average Bonchev–Trinajstić information content (AvgIpc) is 2.66. The van der Waals surface area contributed by atoms with Crippen molar-refractivity contribution in [2.24, 2.45) is 0 Å². The minimum absolute atomic E-state index is 0.0197. The van der Waals surface area contributed by atoms with Crippen molar-refractivity contribution in [3.63, 3.8) is 0 Å². The lowest BCUT2D eigenvalue weighted by Gasteiger charge is -2.29. The van der Waals surface area contributed by atoms with E-state index < -0.39 is 0 Å². The number of likely N-dealkylation sites (tertiary alicyclic amines) is 1. The average molecular weight is 360 g/mol. The van der Waals surface area contributed by atoms with Crippen LogP contribution in [0.4, 0.5) is 5.69 Å². The monoisotopic (exact) mass is 359 g/mol. The third kappa shape index (κ3) is 7.61. The van der Waals surface area contributed by atoms with E-state index in [1.165, 1.54) is 37.9 Å². The summed E-state index contributed by atoms with van der Waals surface area (Å²) >= 11 is 0. The maximum Gasteiger partial charge on any atom is 0.242 e. The van der Waals surface area contributed by atoms with E-state index in [4.69, 9.17) is 0 Å². The molecule has 1 atom stereocenters. The molecule has 1 aliphatic heterocycles. The summed E-state index contributed by atoms with van der Waals surface area (Å²) in [5.41, 5.74) is 2.41. The zero-order valence-corrected chi connectivity index (χ0v) is 17.1. The van der Waals surface area contributed by atoms with E-state index in [-0.39, 0.29) is 11.9 Å². The molecule has 2 rings (SSSR count). The van der Waals surface area contributed by atoms with Gasteiger partial charge in [-0.15, -0.1) is 6.58 Å². The molecule has 26 heavy (non-hydrogen) atoms. The molecular formula is C22H37N3O. The quantitative estimate of drug-likeness (QED) is 0.709. The first-order valence-corrected chi connectivity index (χ1v) is 9.93. The Bertz CT molecular complexity index is 519. The number of nitrogens with zero attached hydrogens (tertiary/aromatic N) is 1. The van der Waals surface area contributed by atoms with Gasteiger partial charge >= 0.3 is 0 Å². The van der Waals surface area contributed by atoms with E-state index in [9.17, 15) is 4.79 Å². The molecule has 2 N–H and O–H groups in total. The zero-order chi connectivity index (χ0) is 19.4. The van der Waals surface area contributed by atoms with Gasteiger partial charge in [0.25, 0.3) is 0 Å². The highest BCUT2D eigenvalue weighted by Gasteiger charge is 2.19. The van der Waals surface area contributed by atoms with Crippen molar-refractivity contribution < 1.29 is 4.79 Å². The van der Waals surface area contributed by atoms with Gasteiger partial charge in [-0.25, -0.2) is 0 Å². The second kappa shape index (κ2) is 12.5. The Morgan fingerprint density at radius 3 is 2.35 bits per heavy atom. The van der Waals surface area contributed by atoms with E-state index in [1.54, 1.807) is 7.05 Å². The van der Waals surface area contributed by atoms with E-state index in [1.807, 2.05) is 6.08 Å². The molecule has 0 radical (unpaired) electrons. The number of likely N-dealkylation sites (N-methyl/N-ethyl adjacent to an activating group) is 1. The Morgan fingerprint density at radius 1 is 1.27 bits per heavy atom. The standard InChI is InChI=1S/C19H29N3O.C3H8/c1-4-5-6-18(19(23)20-2)21-17-9-7-15(8-10-17)16-11-13-22(3)14-12-16;1-3-2/h4,7-10,16,18,21H,1,5-6,11-14H2,2-3H3,(H,20,23);3H2,1-2H3. The number of carbonyl (C=O) groups is 1. The van der Waals surface area contributed by atoms with Crippen molar-refractivity contribution >= 4 is 11.6 Å². The molecule has 0 bridgehead atoms. The fourth-order valence-corrected chi connectivity index (χ4v) is 3.12. The van der Waals surface area contributed by atoms with Gasteiger partial charge in [0.2, 0.25) is 5.91 Å². The van der Waals surface area contributed by atoms with Crippen molar-refractivity contribution in [2.75, 3.05) is 32.5 Å². The fourth-order valence-electron chi connectivity index (χ4n) is 3.12. The van der Waals surface area contributed by atoms with Crippen LogP contribution in [0.3, 0.4) is 0 Å². The molecule has 4 nitrogen and oxygen atoms in total. The molecule has 1 unspecified atom stereocenters. The number of carbonyl (C=O) groups excluding carboxylic acids is 1. The number of piperidine rings is 1. The van der Waals surface area contributed by atoms with Gasteiger partial charge in [-0.1, -0.05) is 38.5 Å². The van der Waals surface area contributed by atoms with Crippen molar-refractivity contribution in [3.05, 3.63) is 42.5 Å². The molecule has 1 aromatic carbocycles. The zero-order valence-electron chi connectivity index (χ0n) is 17.1. The lowest BCUT2D eigenvalue weighted by atomic mass is 9.89. The van der Waals surface area contributed by atoms with Gasteiger partial charge in [-0.3, -0.25) is 4.79 Å². The summed E-state index contributed by atoms with van der Waals surface area (Å²) < 4.78 is 0. The summed E-state index contributed by atoms with van der Waals surface area (Å²) in [5, 5.41) is 6.05. The third-order valence-corrected chi connectivity index (χ3v) is 4.66. The molecule has 4 heteroatoms. The summed E-state index contributed by atoms with van der Waals surface area (Å²) in [6.45, 7) is 10.3. The van der Waals surface area contributed by atoms with Gasteiger partial charge in [0.1, 0.15) is 6.04 Å². The summed E-state index contributed by atoms with van der Waals surface area (Å²) in [4.78, 5) is 14.3. The number of hydrogen-bond donors (Lipinski definition) is 2. The van der Waals surface area contributed by atoms with Crippen molar-refractivity contribution in [3.8, 4) is 0 Å². The molecule has 0 saturated carbocycles. The van der Waals surface area contributed by atoms with Gasteiger partial charge < -0.3 is 15.5 Å². The summed E-state index contributed by atoms with van der Waals surface area (Å²) in [7, 11) is 3.86. The molecule has 1 aromatic rings. The van der Waals surface area contributed by atoms with Crippen LogP contribution in [0.5, 0.6) is 0 Å². The van der Waals surface area contributed by atoms with Crippen LogP contribution in [0.1, 0.15) is 57.4 Å². The van der Waals surface area contributed by atoms with Crippen molar-refractivity contribution in [2.45, 2.75) is 57.9 Å². The summed E-state index contributed by atoms with van der Waals surface area (Å²) in [6.07, 6.45) is 7.12. The van der Waals surface area contributed by atoms with E-state index in [0.717, 1.165) is 18.5 Å². The van der Waals surface area contributed by atoms with Crippen LogP contribution in [0.15, 0.2) is 36.9 Å². The minimum Gasteiger partial charge on any atom is -0.374 e.